The molecule has 1 atom stereocenters. The Morgan fingerprint density at radius 2 is 2.25 bits per heavy atom. The molecule has 1 rings (SSSR count). The Labute approximate surface area is 48.8 Å². The molecule has 1 unspecified atom stereocenters. The predicted molar refractivity (Wildman–Crippen MR) is 28.6 cm³/mol. The van der Waals surface area contributed by atoms with Crippen molar-refractivity contribution < 1.29 is 12.6 Å². The molecule has 1 aliphatic rings. The Bertz CT molecular complexity index is 170. The van der Waals surface area contributed by atoms with Crippen molar-refractivity contribution in [2.45, 2.75) is 12.5 Å². The standard InChI is InChI=1S/C4H7O3S/c1-4-2-3-8(5,6)7-4/h4H,1-3H2. The van der Waals surface area contributed by atoms with Gasteiger partial charge in [0.2, 0.25) is 0 Å². The highest BCUT2D eigenvalue weighted by Gasteiger charge is 2.24. The number of rotatable bonds is 0. The molecule has 3 nitrogen and oxygen atoms in total. The van der Waals surface area contributed by atoms with Gasteiger partial charge in [-0.05, 0) is 13.3 Å². The third-order valence-corrected chi connectivity index (χ3v) is 2.27. The second-order valence-corrected chi connectivity index (χ2v) is 3.48. The number of hydrogen-bond acceptors (Lipinski definition) is 3. The third kappa shape index (κ3) is 1.20. The Hall–Kier alpha value is -0.0900. The lowest BCUT2D eigenvalue weighted by atomic mass is 10.3. The van der Waals surface area contributed by atoms with Gasteiger partial charge in [-0.25, -0.2) is 0 Å². The van der Waals surface area contributed by atoms with Crippen LogP contribution in [0.3, 0.4) is 0 Å². The van der Waals surface area contributed by atoms with Crippen LogP contribution < -0.4 is 0 Å². The largest absolute Gasteiger partial charge is 0.267 e. The lowest BCUT2D eigenvalue weighted by molar-refractivity contribution is 0.283. The molecule has 1 saturated heterocycles. The maximum Gasteiger partial charge on any atom is 0.267 e. The van der Waals surface area contributed by atoms with E-state index in [1.54, 1.807) is 0 Å². The second kappa shape index (κ2) is 1.70. The summed E-state index contributed by atoms with van der Waals surface area (Å²) in [6, 6.07) is 0. The molecule has 0 aromatic rings. The van der Waals surface area contributed by atoms with Crippen LogP contribution >= 0.6 is 0 Å². The van der Waals surface area contributed by atoms with Gasteiger partial charge in [-0.3, -0.25) is 4.18 Å². The fourth-order valence-corrected chi connectivity index (χ4v) is 1.74. The Morgan fingerprint density at radius 3 is 2.38 bits per heavy atom. The smallest absolute Gasteiger partial charge is 0.267 e. The molecule has 1 aliphatic heterocycles. The molecule has 8 heavy (non-hydrogen) atoms. The van der Waals surface area contributed by atoms with Gasteiger partial charge in [-0.15, -0.1) is 0 Å². The van der Waals surface area contributed by atoms with E-state index < -0.39 is 10.1 Å². The zero-order valence-electron chi connectivity index (χ0n) is 4.33. The molecule has 0 N–H and O–H groups in total. The Kier molecular flexibility index (Phi) is 1.28. The maximum atomic E-state index is 10.4. The van der Waals surface area contributed by atoms with E-state index in [9.17, 15) is 8.42 Å². The van der Waals surface area contributed by atoms with Crippen LogP contribution in [0.2, 0.25) is 0 Å². The van der Waals surface area contributed by atoms with Crippen LogP contribution in [0.4, 0.5) is 0 Å². The first-order valence-corrected chi connectivity index (χ1v) is 3.92. The molecule has 1 heterocycles. The van der Waals surface area contributed by atoms with E-state index >= 15 is 0 Å². The molecule has 0 aromatic heterocycles. The summed E-state index contributed by atoms with van der Waals surface area (Å²) in [6.45, 7) is 3.43. The van der Waals surface area contributed by atoms with Gasteiger partial charge >= 0.3 is 0 Å². The van der Waals surface area contributed by atoms with Gasteiger partial charge in [0, 0.05) is 0 Å². The van der Waals surface area contributed by atoms with E-state index in [4.69, 9.17) is 0 Å². The predicted octanol–water partition coefficient (Wildman–Crippen LogP) is -0.0608. The van der Waals surface area contributed by atoms with Crippen molar-refractivity contribution in [3.8, 4) is 0 Å². The van der Waals surface area contributed by atoms with E-state index in [0.717, 1.165) is 0 Å². The molecule has 0 aromatic carbocycles. The highest BCUT2D eigenvalue weighted by Crippen LogP contribution is 2.13. The third-order valence-electron chi connectivity index (χ3n) is 0.973. The minimum absolute atomic E-state index is 0.126. The quantitative estimate of drug-likeness (QED) is 0.437. The molecular weight excluding hydrogens is 128 g/mol. The van der Waals surface area contributed by atoms with Gasteiger partial charge in [-0.2, -0.15) is 8.42 Å². The molecule has 1 radical (unpaired) electrons. The van der Waals surface area contributed by atoms with Crippen molar-refractivity contribution in [3.05, 3.63) is 6.92 Å². The van der Waals surface area contributed by atoms with Crippen LogP contribution in [0.5, 0.6) is 0 Å². The summed E-state index contributed by atoms with van der Waals surface area (Å²) in [5.74, 6) is 0.126. The van der Waals surface area contributed by atoms with Gasteiger partial charge in [0.25, 0.3) is 10.1 Å². The normalized spacial score (nSPS) is 35.4. The summed E-state index contributed by atoms with van der Waals surface area (Å²) in [6.07, 6.45) is 0.183. The molecule has 0 bridgehead atoms. The first-order chi connectivity index (χ1) is 3.60. The molecule has 1 fully saturated rings. The van der Waals surface area contributed by atoms with E-state index in [1.807, 2.05) is 0 Å². The van der Waals surface area contributed by atoms with Gasteiger partial charge in [0.05, 0.1) is 11.9 Å². The van der Waals surface area contributed by atoms with E-state index in [2.05, 4.69) is 11.1 Å². The first-order valence-electron chi connectivity index (χ1n) is 2.34. The van der Waals surface area contributed by atoms with Crippen molar-refractivity contribution in [2.75, 3.05) is 5.75 Å². The SMILES string of the molecule is [CH2]C1CCS(=O)(=O)O1. The highest BCUT2D eigenvalue weighted by atomic mass is 32.2. The summed E-state index contributed by atoms with van der Waals surface area (Å²) < 4.78 is 25.2. The topological polar surface area (TPSA) is 43.4 Å². The zero-order valence-corrected chi connectivity index (χ0v) is 5.15. The summed E-state index contributed by atoms with van der Waals surface area (Å²) in [4.78, 5) is 0. The van der Waals surface area contributed by atoms with Crippen LogP contribution in [0.25, 0.3) is 0 Å². The van der Waals surface area contributed by atoms with E-state index in [-0.39, 0.29) is 11.9 Å². The lowest BCUT2D eigenvalue weighted by Gasteiger charge is -1.93. The van der Waals surface area contributed by atoms with Crippen LogP contribution in [0, 0.1) is 6.92 Å². The van der Waals surface area contributed by atoms with E-state index in [0.29, 0.717) is 6.42 Å². The van der Waals surface area contributed by atoms with Gasteiger partial charge in [0.1, 0.15) is 0 Å². The Morgan fingerprint density at radius 1 is 1.62 bits per heavy atom. The fraction of sp³-hybridized carbons (Fsp3) is 0.750. The van der Waals surface area contributed by atoms with E-state index in [1.165, 1.54) is 0 Å². The second-order valence-electron chi connectivity index (χ2n) is 1.77. The monoisotopic (exact) mass is 135 g/mol. The van der Waals surface area contributed by atoms with Crippen molar-refractivity contribution in [3.63, 3.8) is 0 Å². The van der Waals surface area contributed by atoms with Crippen LogP contribution in [-0.2, 0) is 14.3 Å². The first kappa shape index (κ1) is 6.04. The Balaban J connectivity index is 2.71. The molecule has 4 heteroatoms. The summed E-state index contributed by atoms with van der Waals surface area (Å²) in [5.41, 5.74) is 0. The molecule has 0 saturated carbocycles. The molecule has 0 aliphatic carbocycles. The average Bonchev–Trinajstić information content (AvgIpc) is 1.82. The van der Waals surface area contributed by atoms with Crippen LogP contribution in [-0.4, -0.2) is 20.3 Å². The molecular formula is C4H7O3S. The van der Waals surface area contributed by atoms with Crippen molar-refractivity contribution in [1.29, 1.82) is 0 Å². The van der Waals surface area contributed by atoms with Gasteiger partial charge in [-0.1, -0.05) is 0 Å². The fourth-order valence-electron chi connectivity index (χ4n) is 0.579. The molecule has 47 valence electrons. The molecule has 0 spiro atoms. The lowest BCUT2D eigenvalue weighted by Crippen LogP contribution is -2.01. The minimum Gasteiger partial charge on any atom is -0.267 e. The maximum absolute atomic E-state index is 10.4. The van der Waals surface area contributed by atoms with Crippen LogP contribution in [0.15, 0.2) is 0 Å². The van der Waals surface area contributed by atoms with Gasteiger partial charge in [0.15, 0.2) is 0 Å². The van der Waals surface area contributed by atoms with Crippen molar-refractivity contribution in [2.24, 2.45) is 0 Å². The summed E-state index contributed by atoms with van der Waals surface area (Å²) in [5, 5.41) is 0. The zero-order chi connectivity index (χ0) is 6.20. The summed E-state index contributed by atoms with van der Waals surface area (Å²) >= 11 is 0. The van der Waals surface area contributed by atoms with Crippen molar-refractivity contribution in [1.82, 2.24) is 0 Å². The highest BCUT2D eigenvalue weighted by molar-refractivity contribution is 7.86. The minimum atomic E-state index is -3.16. The molecule has 0 amide bonds. The average molecular weight is 135 g/mol. The number of hydrogen-bond donors (Lipinski definition) is 0. The summed E-state index contributed by atoms with van der Waals surface area (Å²) in [7, 11) is -3.16. The van der Waals surface area contributed by atoms with Crippen molar-refractivity contribution >= 4 is 10.1 Å². The van der Waals surface area contributed by atoms with Crippen LogP contribution in [0.1, 0.15) is 6.42 Å². The van der Waals surface area contributed by atoms with Gasteiger partial charge < -0.3 is 0 Å².